The number of hydrogen-bond acceptors (Lipinski definition) is 0. The van der Waals surface area contributed by atoms with E-state index in [9.17, 15) is 0 Å². The van der Waals surface area contributed by atoms with Gasteiger partial charge in [0.1, 0.15) is 0 Å². The molecule has 1 heterocycles. The van der Waals surface area contributed by atoms with Gasteiger partial charge in [0.15, 0.2) is 18.8 Å². The van der Waals surface area contributed by atoms with Gasteiger partial charge in [-0.25, -0.2) is 4.58 Å². The zero-order chi connectivity index (χ0) is 15.8. The summed E-state index contributed by atoms with van der Waals surface area (Å²) >= 11 is 0. The van der Waals surface area contributed by atoms with Gasteiger partial charge >= 0.3 is 0 Å². The Morgan fingerprint density at radius 2 is 1.78 bits per heavy atom. The lowest BCUT2D eigenvalue weighted by Crippen LogP contribution is -2.32. The van der Waals surface area contributed by atoms with Crippen molar-refractivity contribution in [2.24, 2.45) is 0 Å². The smallest absolute Gasteiger partial charge is 0.184 e. The number of nitrogens with zero attached hydrogens (tertiary/aromatic N) is 1. The van der Waals surface area contributed by atoms with Crippen molar-refractivity contribution in [1.29, 1.82) is 0 Å². The first-order chi connectivity index (χ1) is 11.2. The highest BCUT2D eigenvalue weighted by Gasteiger charge is 2.33. The third-order valence-corrected chi connectivity index (χ3v) is 5.17. The van der Waals surface area contributed by atoms with Crippen LogP contribution in [0.25, 0.3) is 5.57 Å². The monoisotopic (exact) mass is 302 g/mol. The molecule has 23 heavy (non-hydrogen) atoms. The van der Waals surface area contributed by atoms with Crippen molar-refractivity contribution >= 4 is 11.3 Å². The predicted octanol–water partition coefficient (Wildman–Crippen LogP) is 4.83. The van der Waals surface area contributed by atoms with Crippen molar-refractivity contribution in [2.45, 2.75) is 39.7 Å². The fraction of sp³-hybridized carbons (Fsp3) is 0.318. The summed E-state index contributed by atoms with van der Waals surface area (Å²) in [6.07, 6.45) is 3.72. The van der Waals surface area contributed by atoms with E-state index < -0.39 is 0 Å². The second-order valence-corrected chi connectivity index (χ2v) is 6.96. The summed E-state index contributed by atoms with van der Waals surface area (Å²) < 4.78 is 2.61. The number of aryl methyl sites for hydroxylation is 1. The van der Waals surface area contributed by atoms with Crippen LogP contribution in [0.15, 0.2) is 54.1 Å². The zero-order valence-electron chi connectivity index (χ0n) is 14.1. The average molecular weight is 302 g/mol. The average Bonchev–Trinajstić information content (AvgIpc) is 2.58. The van der Waals surface area contributed by atoms with Gasteiger partial charge in [-0.15, -0.1) is 0 Å². The van der Waals surface area contributed by atoms with Crippen LogP contribution in [0.2, 0.25) is 0 Å². The molecule has 1 heteroatoms. The molecule has 2 aromatic rings. The minimum atomic E-state index is 1.01. The summed E-state index contributed by atoms with van der Waals surface area (Å²) in [5.74, 6) is 0. The molecule has 0 N–H and O–H groups in total. The van der Waals surface area contributed by atoms with E-state index in [0.29, 0.717) is 0 Å². The van der Waals surface area contributed by atoms with Crippen molar-refractivity contribution in [1.82, 2.24) is 0 Å². The molecule has 0 spiro atoms. The van der Waals surface area contributed by atoms with Crippen molar-refractivity contribution < 1.29 is 4.58 Å². The summed E-state index contributed by atoms with van der Waals surface area (Å²) in [4.78, 5) is 0. The van der Waals surface area contributed by atoms with Crippen LogP contribution in [0, 0.1) is 0 Å². The largest absolute Gasteiger partial charge is 0.224 e. The van der Waals surface area contributed by atoms with Gasteiger partial charge in [-0.05, 0) is 37.8 Å². The minimum absolute atomic E-state index is 1.01. The van der Waals surface area contributed by atoms with E-state index >= 15 is 0 Å². The van der Waals surface area contributed by atoms with E-state index in [4.69, 9.17) is 0 Å². The summed E-state index contributed by atoms with van der Waals surface area (Å²) in [6.45, 7) is 6.57. The van der Waals surface area contributed by atoms with Crippen LogP contribution >= 0.6 is 0 Å². The molecule has 0 fully saturated rings. The first-order valence-electron chi connectivity index (χ1n) is 8.67. The molecule has 0 amide bonds. The third kappa shape index (κ3) is 2.55. The van der Waals surface area contributed by atoms with Crippen LogP contribution in [0.3, 0.4) is 0 Å². The van der Waals surface area contributed by atoms with Gasteiger partial charge in [0.05, 0.1) is 5.56 Å². The summed E-state index contributed by atoms with van der Waals surface area (Å²) in [7, 11) is 0. The molecule has 0 bridgehead atoms. The highest BCUT2D eigenvalue weighted by molar-refractivity contribution is 6.05. The highest BCUT2D eigenvalue weighted by Crippen LogP contribution is 2.34. The molecule has 0 aromatic heterocycles. The summed E-state index contributed by atoms with van der Waals surface area (Å²) in [5.41, 5.74) is 10.5. The minimum Gasteiger partial charge on any atom is -0.224 e. The van der Waals surface area contributed by atoms with E-state index in [1.165, 1.54) is 47.1 Å². The topological polar surface area (TPSA) is 3.01 Å². The first kappa shape index (κ1) is 14.4. The SMILES string of the molecule is CC(C)=C1C[N+](Cc2ccccc2)=C2CCCc3cccc1c32. The van der Waals surface area contributed by atoms with Crippen LogP contribution in [-0.4, -0.2) is 16.8 Å². The molecule has 1 aliphatic heterocycles. The normalized spacial score (nSPS) is 16.3. The molecule has 2 aromatic carbocycles. The molecule has 2 aliphatic rings. The van der Waals surface area contributed by atoms with E-state index in [1.54, 1.807) is 11.3 Å². The molecule has 1 aliphatic carbocycles. The van der Waals surface area contributed by atoms with Gasteiger partial charge in [0.2, 0.25) is 0 Å². The molecular formula is C22H24N+. The molecule has 116 valence electrons. The Hall–Kier alpha value is -2.15. The quantitative estimate of drug-likeness (QED) is 0.699. The zero-order valence-corrected chi connectivity index (χ0v) is 14.1. The lowest BCUT2D eigenvalue weighted by molar-refractivity contribution is -0.533. The number of hydrogen-bond donors (Lipinski definition) is 0. The van der Waals surface area contributed by atoms with E-state index in [0.717, 1.165) is 13.1 Å². The maximum atomic E-state index is 2.61. The number of allylic oxidation sites excluding steroid dienone is 1. The molecule has 0 saturated heterocycles. The van der Waals surface area contributed by atoms with Gasteiger partial charge in [-0.3, -0.25) is 0 Å². The molecule has 1 nitrogen and oxygen atoms in total. The van der Waals surface area contributed by atoms with E-state index in [2.05, 4.69) is 67.0 Å². The number of benzene rings is 2. The van der Waals surface area contributed by atoms with Crippen LogP contribution < -0.4 is 0 Å². The third-order valence-electron chi connectivity index (χ3n) is 5.17. The molecule has 0 unspecified atom stereocenters. The van der Waals surface area contributed by atoms with Crippen molar-refractivity contribution in [2.75, 3.05) is 6.54 Å². The van der Waals surface area contributed by atoms with Crippen molar-refractivity contribution in [3.63, 3.8) is 0 Å². The van der Waals surface area contributed by atoms with Gasteiger partial charge in [-0.1, -0.05) is 54.1 Å². The van der Waals surface area contributed by atoms with Gasteiger partial charge in [0.25, 0.3) is 0 Å². The van der Waals surface area contributed by atoms with Gasteiger partial charge < -0.3 is 0 Å². The summed E-state index contributed by atoms with van der Waals surface area (Å²) in [5, 5.41) is 0. The lowest BCUT2D eigenvalue weighted by Gasteiger charge is -2.27. The Kier molecular flexibility index (Phi) is 3.65. The highest BCUT2D eigenvalue weighted by atomic mass is 15.0. The van der Waals surface area contributed by atoms with Crippen LogP contribution in [-0.2, 0) is 13.0 Å². The molecule has 0 atom stereocenters. The van der Waals surface area contributed by atoms with Gasteiger partial charge in [0, 0.05) is 17.6 Å². The standard InChI is InChI=1S/C22H24N/c1-16(2)20-15-23(14-17-8-4-3-5-9-17)21-13-7-11-18-10-6-12-19(20)22(18)21/h3-6,8-10,12H,7,11,13-15H2,1-2H3/q+1. The maximum absolute atomic E-state index is 2.61. The van der Waals surface area contributed by atoms with Crippen molar-refractivity contribution in [3.05, 3.63) is 76.4 Å². The Morgan fingerprint density at radius 3 is 2.57 bits per heavy atom. The second-order valence-electron chi connectivity index (χ2n) is 6.96. The fourth-order valence-corrected chi connectivity index (χ4v) is 4.04. The number of rotatable bonds is 2. The molecular weight excluding hydrogens is 278 g/mol. The lowest BCUT2D eigenvalue weighted by atomic mass is 9.81. The Labute approximate surface area is 139 Å². The second kappa shape index (κ2) is 5.81. The van der Waals surface area contributed by atoms with Crippen LogP contribution in [0.1, 0.15) is 48.9 Å². The molecule has 4 rings (SSSR count). The van der Waals surface area contributed by atoms with Crippen LogP contribution in [0.4, 0.5) is 0 Å². The Morgan fingerprint density at radius 1 is 0.957 bits per heavy atom. The molecule has 0 radical (unpaired) electrons. The Bertz CT molecular complexity index is 805. The van der Waals surface area contributed by atoms with E-state index in [-0.39, 0.29) is 0 Å². The van der Waals surface area contributed by atoms with Gasteiger partial charge in [-0.2, -0.15) is 0 Å². The molecule has 0 saturated carbocycles. The maximum Gasteiger partial charge on any atom is 0.184 e. The predicted molar refractivity (Wildman–Crippen MR) is 97.0 cm³/mol. The van der Waals surface area contributed by atoms with E-state index in [1.807, 2.05) is 0 Å². The first-order valence-corrected chi connectivity index (χ1v) is 8.67. The fourth-order valence-electron chi connectivity index (χ4n) is 4.04. The summed E-state index contributed by atoms with van der Waals surface area (Å²) in [6, 6.07) is 17.8. The Balaban J connectivity index is 1.88. The van der Waals surface area contributed by atoms with Crippen molar-refractivity contribution in [3.8, 4) is 0 Å². The van der Waals surface area contributed by atoms with Crippen LogP contribution in [0.5, 0.6) is 0 Å².